The number of rotatable bonds is 5. The molecule has 2 aliphatic rings. The lowest BCUT2D eigenvalue weighted by molar-refractivity contribution is 0.404. The molecule has 2 aromatic carbocycles. The van der Waals surface area contributed by atoms with E-state index >= 15 is 0 Å². The second kappa shape index (κ2) is 9.06. The van der Waals surface area contributed by atoms with E-state index in [2.05, 4.69) is 71.7 Å². The van der Waals surface area contributed by atoms with Crippen LogP contribution in [-0.4, -0.2) is 15.3 Å². The Bertz CT molecular complexity index is 1420. The van der Waals surface area contributed by atoms with Crippen molar-refractivity contribution in [3.05, 3.63) is 93.8 Å². The number of aromatic nitrogens is 2. The molecule has 2 aromatic heterocycles. The number of nitrogens with one attached hydrogen (secondary N) is 1. The molecule has 5 nitrogen and oxygen atoms in total. The molecule has 0 spiro atoms. The molecular weight excluding hydrogens is 472 g/mol. The average Bonchev–Trinajstić information content (AvgIpc) is 3.65. The van der Waals surface area contributed by atoms with E-state index in [9.17, 15) is 0 Å². The molecule has 1 unspecified atom stereocenters. The smallest absolute Gasteiger partial charge is 0.258 e. The van der Waals surface area contributed by atoms with Crippen LogP contribution in [-0.2, 0) is 19.3 Å². The fraction of sp³-hybridized carbons (Fsp3) is 0.250. The highest BCUT2D eigenvalue weighted by atomic mass is 32.1. The summed E-state index contributed by atoms with van der Waals surface area (Å²) in [4.78, 5) is 7.90. The largest absolute Gasteiger partial charge is 0.351 e. The lowest BCUT2D eigenvalue weighted by Gasteiger charge is -2.37. The van der Waals surface area contributed by atoms with Gasteiger partial charge in [0.1, 0.15) is 0 Å². The number of thiocarbonyl (C=S) groups is 1. The second-order valence-electron chi connectivity index (χ2n) is 9.02. The maximum absolute atomic E-state index is 5.93. The van der Waals surface area contributed by atoms with Gasteiger partial charge < -0.3 is 9.84 Å². The summed E-state index contributed by atoms with van der Waals surface area (Å²) >= 11 is 7.53. The summed E-state index contributed by atoms with van der Waals surface area (Å²) in [5.41, 5.74) is 8.27. The number of hydrogen-bond donors (Lipinski definition) is 1. The summed E-state index contributed by atoms with van der Waals surface area (Å²) in [5.74, 6) is 1.12. The molecule has 7 heteroatoms. The van der Waals surface area contributed by atoms with Gasteiger partial charge in [-0.25, -0.2) is 0 Å². The van der Waals surface area contributed by atoms with Gasteiger partial charge in [-0.3, -0.25) is 4.90 Å². The monoisotopic (exact) mass is 498 g/mol. The van der Waals surface area contributed by atoms with Crippen molar-refractivity contribution in [3.8, 4) is 10.7 Å². The lowest BCUT2D eigenvalue weighted by atomic mass is 9.93. The topological polar surface area (TPSA) is 54.2 Å². The van der Waals surface area contributed by atoms with Crippen LogP contribution in [0.4, 0.5) is 5.69 Å². The molecule has 1 atom stereocenters. The number of aryl methyl sites for hydroxylation is 3. The molecule has 6 rings (SSSR count). The number of anilines is 1. The van der Waals surface area contributed by atoms with Crippen LogP contribution in [0.25, 0.3) is 16.3 Å². The minimum Gasteiger partial charge on any atom is -0.351 e. The molecule has 1 aliphatic carbocycles. The van der Waals surface area contributed by atoms with Crippen LogP contribution in [0.2, 0.25) is 0 Å². The van der Waals surface area contributed by atoms with Gasteiger partial charge in [-0.2, -0.15) is 4.98 Å². The zero-order valence-corrected chi connectivity index (χ0v) is 21.4. The van der Waals surface area contributed by atoms with Crippen LogP contribution in [0.5, 0.6) is 0 Å². The standard InChI is InChI=1S/C28H26N4OS2/c1-3-18-9-11-20(12-10-18)25-24(27-30-26(31-33-27)23-8-5-15-35-23)17(2)32(28(34)29-25)22-14-13-19-6-4-7-21(19)16-22/h5,8-16,25H,3-4,6-7H2,1-2H3,(H,29,34). The third-order valence-electron chi connectivity index (χ3n) is 6.94. The van der Waals surface area contributed by atoms with E-state index in [1.165, 1.54) is 23.1 Å². The summed E-state index contributed by atoms with van der Waals surface area (Å²) in [6.45, 7) is 4.26. The number of nitrogens with zero attached hydrogens (tertiary/aromatic N) is 3. The Labute approximate surface area is 214 Å². The Hall–Kier alpha value is -3.29. The maximum atomic E-state index is 5.93. The first-order chi connectivity index (χ1) is 17.1. The van der Waals surface area contributed by atoms with Crippen molar-refractivity contribution < 1.29 is 4.52 Å². The first-order valence-electron chi connectivity index (χ1n) is 12.0. The van der Waals surface area contributed by atoms with E-state index in [4.69, 9.17) is 21.7 Å². The van der Waals surface area contributed by atoms with Crippen LogP contribution in [0, 0.1) is 0 Å². The molecule has 0 bridgehead atoms. The van der Waals surface area contributed by atoms with Crippen molar-refractivity contribution in [2.75, 3.05) is 4.90 Å². The molecule has 0 amide bonds. The molecule has 0 fully saturated rings. The van der Waals surface area contributed by atoms with E-state index < -0.39 is 0 Å². The van der Waals surface area contributed by atoms with E-state index in [-0.39, 0.29) is 6.04 Å². The van der Waals surface area contributed by atoms with Crippen LogP contribution in [0.15, 0.2) is 70.2 Å². The fourth-order valence-corrected chi connectivity index (χ4v) is 6.07. The van der Waals surface area contributed by atoms with E-state index in [0.717, 1.165) is 46.7 Å². The molecule has 3 heterocycles. The Kier molecular flexibility index (Phi) is 5.74. The minimum absolute atomic E-state index is 0.185. The predicted octanol–water partition coefficient (Wildman–Crippen LogP) is 6.72. The highest BCUT2D eigenvalue weighted by Crippen LogP contribution is 2.40. The normalized spacial score (nSPS) is 17.6. The average molecular weight is 499 g/mol. The number of hydrogen-bond acceptors (Lipinski definition) is 5. The molecule has 176 valence electrons. The SMILES string of the molecule is CCc1ccc(C2NC(=S)N(c3ccc4c(c3)CCC4)C(C)=C2c2nc(-c3cccs3)no2)cc1. The Morgan fingerprint density at radius 2 is 1.94 bits per heavy atom. The van der Waals surface area contributed by atoms with E-state index in [1.807, 2.05) is 17.5 Å². The van der Waals surface area contributed by atoms with Gasteiger partial charge in [-0.05, 0) is 90.7 Å². The summed E-state index contributed by atoms with van der Waals surface area (Å²) in [6, 6.07) is 19.2. The van der Waals surface area contributed by atoms with Crippen molar-refractivity contribution >= 4 is 39.9 Å². The van der Waals surface area contributed by atoms with Crippen molar-refractivity contribution in [1.82, 2.24) is 15.5 Å². The maximum Gasteiger partial charge on any atom is 0.258 e. The molecular formula is C28H26N4OS2. The third kappa shape index (κ3) is 3.98. The van der Waals surface area contributed by atoms with Crippen LogP contribution >= 0.6 is 23.6 Å². The van der Waals surface area contributed by atoms with Gasteiger partial charge in [0.25, 0.3) is 5.89 Å². The zero-order chi connectivity index (χ0) is 23.9. The van der Waals surface area contributed by atoms with Crippen molar-refractivity contribution in [2.24, 2.45) is 0 Å². The Morgan fingerprint density at radius 3 is 2.71 bits per heavy atom. The summed E-state index contributed by atoms with van der Waals surface area (Å²) < 4.78 is 5.87. The third-order valence-corrected chi connectivity index (χ3v) is 8.11. The fourth-order valence-electron chi connectivity index (χ4n) is 5.06. The van der Waals surface area contributed by atoms with Gasteiger partial charge in [0.15, 0.2) is 5.11 Å². The van der Waals surface area contributed by atoms with Gasteiger partial charge in [0, 0.05) is 11.4 Å². The van der Waals surface area contributed by atoms with E-state index in [0.29, 0.717) is 16.8 Å². The highest BCUT2D eigenvalue weighted by molar-refractivity contribution is 7.80. The van der Waals surface area contributed by atoms with Crippen molar-refractivity contribution in [2.45, 2.75) is 45.6 Å². The summed E-state index contributed by atoms with van der Waals surface area (Å²) in [7, 11) is 0. The lowest BCUT2D eigenvalue weighted by Crippen LogP contribution is -2.46. The molecule has 0 saturated carbocycles. The highest BCUT2D eigenvalue weighted by Gasteiger charge is 2.35. The molecule has 4 aromatic rings. The van der Waals surface area contributed by atoms with Crippen LogP contribution in [0.3, 0.4) is 0 Å². The quantitative estimate of drug-likeness (QED) is 0.308. The first-order valence-corrected chi connectivity index (χ1v) is 13.3. The van der Waals surface area contributed by atoms with Gasteiger partial charge in [0.05, 0.1) is 16.5 Å². The van der Waals surface area contributed by atoms with Crippen molar-refractivity contribution in [1.29, 1.82) is 0 Å². The molecule has 35 heavy (non-hydrogen) atoms. The Balaban J connectivity index is 1.48. The minimum atomic E-state index is -0.185. The van der Waals surface area contributed by atoms with Gasteiger partial charge in [0.2, 0.25) is 5.82 Å². The molecule has 1 N–H and O–H groups in total. The number of fused-ring (bicyclic) bond motifs is 1. The van der Waals surface area contributed by atoms with Gasteiger partial charge in [-0.15, -0.1) is 11.3 Å². The van der Waals surface area contributed by atoms with Crippen molar-refractivity contribution in [3.63, 3.8) is 0 Å². The number of allylic oxidation sites excluding steroid dienone is 1. The Morgan fingerprint density at radius 1 is 1.11 bits per heavy atom. The molecule has 1 aliphatic heterocycles. The molecule has 0 saturated heterocycles. The first kappa shape index (κ1) is 22.2. The summed E-state index contributed by atoms with van der Waals surface area (Å²) in [6.07, 6.45) is 4.48. The number of thiophene rings is 1. The second-order valence-corrected chi connectivity index (χ2v) is 10.4. The van der Waals surface area contributed by atoms with Gasteiger partial charge in [-0.1, -0.05) is 48.5 Å². The molecule has 0 radical (unpaired) electrons. The van der Waals surface area contributed by atoms with E-state index in [1.54, 1.807) is 11.3 Å². The zero-order valence-electron chi connectivity index (χ0n) is 19.7. The van der Waals surface area contributed by atoms with Gasteiger partial charge >= 0.3 is 0 Å². The predicted molar refractivity (Wildman–Crippen MR) is 145 cm³/mol. The van der Waals surface area contributed by atoms with Crippen LogP contribution < -0.4 is 10.2 Å². The summed E-state index contributed by atoms with van der Waals surface area (Å²) in [5, 5.41) is 10.6. The van der Waals surface area contributed by atoms with Crippen LogP contribution in [0.1, 0.15) is 54.5 Å². The number of benzene rings is 2.